The molecule has 0 aliphatic carbocycles. The molecule has 3 N–H and O–H groups in total. The molecule has 1 amide bonds. The fraction of sp³-hybridized carbons (Fsp3) is 0.364. The van der Waals surface area contributed by atoms with Crippen LogP contribution in [-0.2, 0) is 4.79 Å². The summed E-state index contributed by atoms with van der Waals surface area (Å²) in [4.78, 5) is 11.5. The summed E-state index contributed by atoms with van der Waals surface area (Å²) in [7, 11) is 0. The van der Waals surface area contributed by atoms with Crippen LogP contribution in [0.5, 0.6) is 0 Å². The van der Waals surface area contributed by atoms with Crippen LogP contribution in [0.25, 0.3) is 0 Å². The monoisotopic (exact) mass is 318 g/mol. The topological polar surface area (TPSA) is 55.1 Å². The molecule has 1 atom stereocenters. The van der Waals surface area contributed by atoms with Crippen molar-refractivity contribution in [3.63, 3.8) is 0 Å². The lowest BCUT2D eigenvalue weighted by Gasteiger charge is -2.10. The summed E-state index contributed by atoms with van der Waals surface area (Å²) in [6, 6.07) is 5.38. The van der Waals surface area contributed by atoms with Gasteiger partial charge >= 0.3 is 0 Å². The van der Waals surface area contributed by atoms with E-state index in [4.69, 9.17) is 5.73 Å². The average molecular weight is 318 g/mol. The second-order valence-corrected chi connectivity index (χ2v) is 4.63. The molecule has 3 nitrogen and oxygen atoms in total. The lowest BCUT2D eigenvalue weighted by molar-refractivity contribution is -0.117. The van der Waals surface area contributed by atoms with Gasteiger partial charge in [0.1, 0.15) is 0 Å². The number of amides is 1. The van der Waals surface area contributed by atoms with Crippen LogP contribution in [0.4, 0.5) is 5.69 Å². The maximum Gasteiger partial charge on any atom is 0.241 e. The van der Waals surface area contributed by atoms with Gasteiger partial charge in [0.2, 0.25) is 5.91 Å². The first-order chi connectivity index (χ1) is 7.04. The zero-order valence-corrected chi connectivity index (χ0v) is 11.0. The van der Waals surface area contributed by atoms with Gasteiger partial charge in [-0.05, 0) is 53.6 Å². The summed E-state index contributed by atoms with van der Waals surface area (Å²) in [5.74, 6) is -0.128. The highest BCUT2D eigenvalue weighted by Gasteiger charge is 2.10. The Morgan fingerprint density at radius 1 is 1.60 bits per heavy atom. The van der Waals surface area contributed by atoms with Crippen molar-refractivity contribution < 1.29 is 4.79 Å². The van der Waals surface area contributed by atoms with E-state index in [1.165, 1.54) is 5.56 Å². The first-order valence-corrected chi connectivity index (χ1v) is 5.95. The van der Waals surface area contributed by atoms with E-state index in [2.05, 4.69) is 27.9 Å². The fourth-order valence-corrected chi connectivity index (χ4v) is 1.61. The van der Waals surface area contributed by atoms with Gasteiger partial charge in [-0.3, -0.25) is 4.79 Å². The summed E-state index contributed by atoms with van der Waals surface area (Å²) >= 11 is 2.24. The fourth-order valence-electron chi connectivity index (χ4n) is 1.09. The number of hydrogen-bond acceptors (Lipinski definition) is 2. The molecular weight excluding hydrogens is 303 g/mol. The van der Waals surface area contributed by atoms with Crippen LogP contribution in [0.3, 0.4) is 0 Å². The second kappa shape index (κ2) is 5.46. The minimum atomic E-state index is -0.427. The molecule has 0 aliphatic rings. The summed E-state index contributed by atoms with van der Waals surface area (Å²) < 4.78 is 1.13. The molecule has 0 fully saturated rings. The number of hydrogen-bond donors (Lipinski definition) is 2. The molecule has 15 heavy (non-hydrogen) atoms. The van der Waals surface area contributed by atoms with Gasteiger partial charge < -0.3 is 11.1 Å². The highest BCUT2D eigenvalue weighted by molar-refractivity contribution is 14.1. The molecule has 0 spiro atoms. The van der Waals surface area contributed by atoms with Crippen molar-refractivity contribution >= 4 is 34.2 Å². The van der Waals surface area contributed by atoms with E-state index < -0.39 is 6.04 Å². The van der Waals surface area contributed by atoms with Gasteiger partial charge in [-0.1, -0.05) is 13.0 Å². The summed E-state index contributed by atoms with van der Waals surface area (Å²) in [5.41, 5.74) is 7.63. The zero-order valence-electron chi connectivity index (χ0n) is 8.88. The third-order valence-electron chi connectivity index (χ3n) is 2.22. The zero-order chi connectivity index (χ0) is 11.4. The van der Waals surface area contributed by atoms with E-state index in [9.17, 15) is 4.79 Å². The Kier molecular flexibility index (Phi) is 4.53. The van der Waals surface area contributed by atoms with Crippen molar-refractivity contribution in [2.75, 3.05) is 5.32 Å². The van der Waals surface area contributed by atoms with Gasteiger partial charge in [0.25, 0.3) is 0 Å². The van der Waals surface area contributed by atoms with Crippen molar-refractivity contribution in [2.45, 2.75) is 26.3 Å². The molecule has 1 rings (SSSR count). The lowest BCUT2D eigenvalue weighted by atomic mass is 10.2. The van der Waals surface area contributed by atoms with Gasteiger partial charge in [-0.25, -0.2) is 0 Å². The van der Waals surface area contributed by atoms with Crippen LogP contribution in [-0.4, -0.2) is 11.9 Å². The molecule has 0 bridgehead atoms. The Morgan fingerprint density at radius 2 is 2.27 bits per heavy atom. The molecule has 1 aromatic carbocycles. The molecule has 1 aromatic rings. The van der Waals surface area contributed by atoms with Crippen LogP contribution in [0.15, 0.2) is 18.2 Å². The van der Waals surface area contributed by atoms with Crippen LogP contribution >= 0.6 is 22.6 Å². The van der Waals surface area contributed by atoms with Crippen LogP contribution in [0, 0.1) is 10.5 Å². The number of aryl methyl sites for hydroxylation is 1. The Labute approximate surface area is 104 Å². The molecule has 0 aromatic heterocycles. The molecular formula is C11H15IN2O. The predicted molar refractivity (Wildman–Crippen MR) is 70.8 cm³/mol. The second-order valence-electron chi connectivity index (χ2n) is 3.47. The molecule has 82 valence electrons. The minimum Gasteiger partial charge on any atom is -0.325 e. The largest absolute Gasteiger partial charge is 0.325 e. The number of nitrogens with one attached hydrogen (secondary N) is 1. The highest BCUT2D eigenvalue weighted by atomic mass is 127. The van der Waals surface area contributed by atoms with Crippen molar-refractivity contribution in [3.8, 4) is 0 Å². The molecule has 0 unspecified atom stereocenters. The average Bonchev–Trinajstić information content (AvgIpc) is 2.22. The first-order valence-electron chi connectivity index (χ1n) is 4.87. The van der Waals surface area contributed by atoms with Gasteiger partial charge in [0, 0.05) is 9.26 Å². The van der Waals surface area contributed by atoms with Gasteiger partial charge in [0.05, 0.1) is 6.04 Å². The molecule has 0 heterocycles. The minimum absolute atomic E-state index is 0.128. The van der Waals surface area contributed by atoms with Crippen LogP contribution in [0.2, 0.25) is 0 Å². The number of halogens is 1. The first kappa shape index (κ1) is 12.4. The highest BCUT2D eigenvalue weighted by Crippen LogP contribution is 2.17. The number of anilines is 1. The van der Waals surface area contributed by atoms with Crippen molar-refractivity contribution in [2.24, 2.45) is 5.73 Å². The van der Waals surface area contributed by atoms with Gasteiger partial charge in [0.15, 0.2) is 0 Å². The third kappa shape index (κ3) is 3.46. The van der Waals surface area contributed by atoms with E-state index in [1.54, 1.807) is 0 Å². The SMILES string of the molecule is CC[C@@H](N)C(=O)Nc1ccc(C)c(I)c1. The standard InChI is InChI=1S/C11H15IN2O/c1-3-10(13)11(15)14-8-5-4-7(2)9(12)6-8/h4-6,10H,3,13H2,1-2H3,(H,14,15)/t10-/m1/s1. The predicted octanol–water partition coefficient (Wildman–Crippen LogP) is 2.28. The lowest BCUT2D eigenvalue weighted by Crippen LogP contribution is -2.34. The number of carbonyl (C=O) groups is 1. The normalized spacial score (nSPS) is 12.3. The summed E-state index contributed by atoms with van der Waals surface area (Å²) in [6.45, 7) is 3.92. The van der Waals surface area contributed by atoms with E-state index in [1.807, 2.05) is 32.0 Å². The maximum atomic E-state index is 11.5. The quantitative estimate of drug-likeness (QED) is 0.840. The number of nitrogens with two attached hydrogens (primary N) is 1. The van der Waals surface area contributed by atoms with Crippen LogP contribution in [0.1, 0.15) is 18.9 Å². The maximum absolute atomic E-state index is 11.5. The van der Waals surface area contributed by atoms with E-state index >= 15 is 0 Å². The molecule has 0 saturated carbocycles. The Morgan fingerprint density at radius 3 is 2.80 bits per heavy atom. The van der Waals surface area contributed by atoms with Crippen molar-refractivity contribution in [1.82, 2.24) is 0 Å². The van der Waals surface area contributed by atoms with Gasteiger partial charge in [-0.2, -0.15) is 0 Å². The summed E-state index contributed by atoms with van der Waals surface area (Å²) in [6.07, 6.45) is 0.648. The molecule has 4 heteroatoms. The number of benzene rings is 1. The van der Waals surface area contributed by atoms with E-state index in [0.717, 1.165) is 9.26 Å². The van der Waals surface area contributed by atoms with Crippen LogP contribution < -0.4 is 11.1 Å². The Bertz CT molecular complexity index is 366. The van der Waals surface area contributed by atoms with Crippen molar-refractivity contribution in [1.29, 1.82) is 0 Å². The van der Waals surface area contributed by atoms with Gasteiger partial charge in [-0.15, -0.1) is 0 Å². The van der Waals surface area contributed by atoms with E-state index in [-0.39, 0.29) is 5.91 Å². The summed E-state index contributed by atoms with van der Waals surface area (Å²) in [5, 5.41) is 2.79. The van der Waals surface area contributed by atoms with E-state index in [0.29, 0.717) is 6.42 Å². The molecule has 0 saturated heterocycles. The number of carbonyl (C=O) groups excluding carboxylic acids is 1. The third-order valence-corrected chi connectivity index (χ3v) is 3.38. The molecule has 0 aliphatic heterocycles. The number of rotatable bonds is 3. The Hall–Kier alpha value is -0.620. The van der Waals surface area contributed by atoms with Crippen molar-refractivity contribution in [3.05, 3.63) is 27.3 Å². The smallest absolute Gasteiger partial charge is 0.241 e. The Balaban J connectivity index is 2.73. The molecule has 0 radical (unpaired) electrons.